The van der Waals surface area contributed by atoms with Crippen molar-refractivity contribution < 1.29 is 9.59 Å². The molecule has 0 aliphatic heterocycles. The van der Waals surface area contributed by atoms with E-state index >= 15 is 0 Å². The van der Waals surface area contributed by atoms with Crippen LogP contribution in [0.1, 0.15) is 25.0 Å². The first-order valence-corrected chi connectivity index (χ1v) is 11.1. The lowest BCUT2D eigenvalue weighted by Gasteiger charge is -2.13. The Morgan fingerprint density at radius 2 is 1.84 bits per heavy atom. The van der Waals surface area contributed by atoms with E-state index in [2.05, 4.69) is 20.8 Å². The van der Waals surface area contributed by atoms with E-state index < -0.39 is 17.2 Å². The predicted octanol–water partition coefficient (Wildman–Crippen LogP) is 5.06. The Kier molecular flexibility index (Phi) is 7.35. The van der Waals surface area contributed by atoms with Gasteiger partial charge < -0.3 is 9.88 Å². The van der Waals surface area contributed by atoms with E-state index in [1.54, 1.807) is 19.1 Å². The first-order valence-electron chi connectivity index (χ1n) is 9.83. The fourth-order valence-corrected chi connectivity index (χ4v) is 4.04. The van der Waals surface area contributed by atoms with E-state index in [0.29, 0.717) is 28.2 Å². The van der Waals surface area contributed by atoms with Crippen molar-refractivity contribution in [2.24, 2.45) is 0 Å². The fraction of sp³-hybridized carbons (Fsp3) is 0.273. The van der Waals surface area contributed by atoms with Crippen LogP contribution in [-0.2, 0) is 11.3 Å². The highest BCUT2D eigenvalue weighted by Gasteiger charge is 2.22. The zero-order valence-corrected chi connectivity index (χ0v) is 19.3. The number of halogens is 1. The zero-order chi connectivity index (χ0) is 22.5. The molecule has 162 valence electrons. The number of rotatable bonds is 6. The average Bonchev–Trinajstić information content (AvgIpc) is 3.13. The molecule has 0 aliphatic rings. The second kappa shape index (κ2) is 9.98. The summed E-state index contributed by atoms with van der Waals surface area (Å²) in [5.41, 5.74) is 3.57. The number of hydrogen-bond acceptors (Lipinski definition) is 5. The van der Waals surface area contributed by atoms with Crippen LogP contribution in [0.5, 0.6) is 0 Å². The first-order chi connectivity index (χ1) is 14.8. The number of anilines is 1. The Morgan fingerprint density at radius 1 is 1.13 bits per heavy atom. The second-order valence-corrected chi connectivity index (χ2v) is 8.82. The molecule has 2 N–H and O–H groups in total. The molecule has 0 fully saturated rings. The molecule has 0 saturated carbocycles. The van der Waals surface area contributed by atoms with Crippen LogP contribution < -0.4 is 10.6 Å². The molecule has 1 heterocycles. The summed E-state index contributed by atoms with van der Waals surface area (Å²) < 4.78 is 1.92. The standard InChI is InChI=1S/C22H24ClN5O2S/c1-5-28-19(16-7-9-17(23)10-8-16)26-27-22(28)31-15(4)20(29)25-21(30)24-18-11-6-13(2)12-14(18)3/h6-12,15H,5H2,1-4H3,(H2,24,25,29,30). The topological polar surface area (TPSA) is 88.9 Å². The smallest absolute Gasteiger partial charge is 0.307 e. The van der Waals surface area contributed by atoms with Gasteiger partial charge in [0.25, 0.3) is 0 Å². The molecule has 9 heteroatoms. The summed E-state index contributed by atoms with van der Waals surface area (Å²) in [6.45, 7) is 8.22. The van der Waals surface area contributed by atoms with E-state index in [1.165, 1.54) is 11.8 Å². The number of thioether (sulfide) groups is 1. The molecule has 0 saturated heterocycles. The highest BCUT2D eigenvalue weighted by molar-refractivity contribution is 8.00. The Morgan fingerprint density at radius 3 is 2.48 bits per heavy atom. The summed E-state index contributed by atoms with van der Waals surface area (Å²) >= 11 is 7.21. The van der Waals surface area contributed by atoms with Crippen molar-refractivity contribution in [3.05, 3.63) is 58.6 Å². The van der Waals surface area contributed by atoms with Crippen molar-refractivity contribution in [3.8, 4) is 11.4 Å². The fourth-order valence-electron chi connectivity index (χ4n) is 3.01. The molecule has 0 spiro atoms. The molecule has 3 aromatic rings. The summed E-state index contributed by atoms with van der Waals surface area (Å²) in [6.07, 6.45) is 0. The highest BCUT2D eigenvalue weighted by Crippen LogP contribution is 2.27. The number of urea groups is 1. The number of imide groups is 1. The molecule has 1 atom stereocenters. The zero-order valence-electron chi connectivity index (χ0n) is 17.8. The predicted molar refractivity (Wildman–Crippen MR) is 125 cm³/mol. The summed E-state index contributed by atoms with van der Waals surface area (Å²) in [5.74, 6) is 0.285. The second-order valence-electron chi connectivity index (χ2n) is 7.08. The summed E-state index contributed by atoms with van der Waals surface area (Å²) in [4.78, 5) is 24.8. The molecule has 2 aromatic carbocycles. The summed E-state index contributed by atoms with van der Waals surface area (Å²) in [7, 11) is 0. The van der Waals surface area contributed by atoms with E-state index in [-0.39, 0.29) is 0 Å². The van der Waals surface area contributed by atoms with Crippen molar-refractivity contribution in [2.75, 3.05) is 5.32 Å². The van der Waals surface area contributed by atoms with Gasteiger partial charge in [-0.15, -0.1) is 10.2 Å². The maximum Gasteiger partial charge on any atom is 0.325 e. The lowest BCUT2D eigenvalue weighted by Crippen LogP contribution is -2.39. The molecule has 0 aliphatic carbocycles. The lowest BCUT2D eigenvalue weighted by molar-refractivity contribution is -0.119. The monoisotopic (exact) mass is 457 g/mol. The normalized spacial score (nSPS) is 11.8. The summed E-state index contributed by atoms with van der Waals surface area (Å²) in [6, 6.07) is 12.5. The Hall–Kier alpha value is -2.84. The molecule has 0 radical (unpaired) electrons. The van der Waals surface area contributed by atoms with Crippen LogP contribution in [0.4, 0.5) is 10.5 Å². The Bertz CT molecular complexity index is 1100. The van der Waals surface area contributed by atoms with Crippen LogP contribution in [0.25, 0.3) is 11.4 Å². The minimum atomic E-state index is -0.566. The van der Waals surface area contributed by atoms with Gasteiger partial charge in [-0.3, -0.25) is 10.1 Å². The van der Waals surface area contributed by atoms with Crippen LogP contribution in [0.2, 0.25) is 5.02 Å². The first kappa shape index (κ1) is 22.8. The van der Waals surface area contributed by atoms with Gasteiger partial charge in [0.1, 0.15) is 0 Å². The van der Waals surface area contributed by atoms with E-state index in [9.17, 15) is 9.59 Å². The SMILES string of the molecule is CCn1c(SC(C)C(=O)NC(=O)Nc2ccc(C)cc2C)nnc1-c1ccc(Cl)cc1. The maximum absolute atomic E-state index is 12.5. The number of aryl methyl sites for hydroxylation is 2. The van der Waals surface area contributed by atoms with Crippen LogP contribution >= 0.6 is 23.4 Å². The van der Waals surface area contributed by atoms with Gasteiger partial charge >= 0.3 is 6.03 Å². The molecule has 3 amide bonds. The highest BCUT2D eigenvalue weighted by atomic mass is 35.5. The molecule has 1 unspecified atom stereocenters. The van der Waals surface area contributed by atoms with Gasteiger partial charge in [0.05, 0.1) is 5.25 Å². The third-order valence-corrected chi connectivity index (χ3v) is 5.99. The van der Waals surface area contributed by atoms with Gasteiger partial charge in [-0.1, -0.05) is 41.1 Å². The number of benzene rings is 2. The molecule has 0 bridgehead atoms. The number of carbonyl (C=O) groups excluding carboxylic acids is 2. The number of hydrogen-bond donors (Lipinski definition) is 2. The Labute approximate surface area is 190 Å². The van der Waals surface area contributed by atoms with Crippen molar-refractivity contribution in [3.63, 3.8) is 0 Å². The van der Waals surface area contributed by atoms with Gasteiger partial charge in [-0.25, -0.2) is 4.79 Å². The number of amides is 3. The molecule has 7 nitrogen and oxygen atoms in total. The van der Waals surface area contributed by atoms with Gasteiger partial charge in [0, 0.05) is 22.8 Å². The molecule has 1 aromatic heterocycles. The van der Waals surface area contributed by atoms with Crippen LogP contribution in [0, 0.1) is 13.8 Å². The molecular weight excluding hydrogens is 434 g/mol. The molecule has 3 rings (SSSR count). The number of aromatic nitrogens is 3. The minimum absolute atomic E-state index is 0.411. The van der Waals surface area contributed by atoms with Crippen molar-refractivity contribution in [1.29, 1.82) is 0 Å². The van der Waals surface area contributed by atoms with E-state index in [1.807, 2.05) is 55.7 Å². The van der Waals surface area contributed by atoms with E-state index in [4.69, 9.17) is 11.6 Å². The quantitative estimate of drug-likeness (QED) is 0.505. The van der Waals surface area contributed by atoms with E-state index in [0.717, 1.165) is 16.7 Å². The van der Waals surface area contributed by atoms with Crippen molar-refractivity contribution in [1.82, 2.24) is 20.1 Å². The summed E-state index contributed by atoms with van der Waals surface area (Å²) in [5, 5.41) is 14.3. The maximum atomic E-state index is 12.5. The number of carbonyl (C=O) groups is 2. The third-order valence-electron chi connectivity index (χ3n) is 4.65. The van der Waals surface area contributed by atoms with Gasteiger partial charge in [-0.2, -0.15) is 0 Å². The minimum Gasteiger partial charge on any atom is -0.307 e. The molecule has 31 heavy (non-hydrogen) atoms. The molecular formula is C22H24ClN5O2S. The Balaban J connectivity index is 1.65. The third kappa shape index (κ3) is 5.65. The van der Waals surface area contributed by atoms with Crippen molar-refractivity contribution >= 4 is 41.0 Å². The number of nitrogens with zero attached hydrogens (tertiary/aromatic N) is 3. The largest absolute Gasteiger partial charge is 0.325 e. The van der Waals surface area contributed by atoms with Crippen molar-refractivity contribution in [2.45, 2.75) is 44.6 Å². The average molecular weight is 458 g/mol. The van der Waals surface area contributed by atoms with Gasteiger partial charge in [0.2, 0.25) is 5.91 Å². The number of nitrogens with one attached hydrogen (secondary N) is 2. The van der Waals surface area contributed by atoms with Crippen LogP contribution in [-0.4, -0.2) is 32.0 Å². The van der Waals surface area contributed by atoms with Gasteiger partial charge in [0.15, 0.2) is 11.0 Å². The van der Waals surface area contributed by atoms with Crippen LogP contribution in [0.15, 0.2) is 47.6 Å². The van der Waals surface area contributed by atoms with Crippen LogP contribution in [0.3, 0.4) is 0 Å². The van der Waals surface area contributed by atoms with Gasteiger partial charge in [-0.05, 0) is 63.6 Å². The lowest BCUT2D eigenvalue weighted by atomic mass is 10.1.